The van der Waals surface area contributed by atoms with Gasteiger partial charge in [0.15, 0.2) is 0 Å². The summed E-state index contributed by atoms with van der Waals surface area (Å²) in [6, 6.07) is 5.93. The fourth-order valence-corrected chi connectivity index (χ4v) is 1.68. The highest BCUT2D eigenvalue weighted by Gasteiger charge is 2.49. The molecule has 1 aromatic rings. The predicted molar refractivity (Wildman–Crippen MR) is 63.7 cm³/mol. The first-order valence-electron chi connectivity index (χ1n) is 5.45. The van der Waals surface area contributed by atoms with Crippen LogP contribution in [-0.2, 0) is 11.2 Å². The number of nitrogens with one attached hydrogen (secondary N) is 1. The second kappa shape index (κ2) is 6.23. The van der Waals surface area contributed by atoms with Crippen LogP contribution in [0.15, 0.2) is 24.3 Å². The molecule has 1 atom stereocenters. The molecule has 1 aromatic carbocycles. The molecule has 7 heteroatoms. The molecule has 0 aliphatic rings. The topological polar surface area (TPSA) is 29.1 Å². The highest BCUT2D eigenvalue weighted by Crippen LogP contribution is 2.23. The standard InChI is InChI=1S/C12H12ClF4NO/c1-7(6-8-4-2-3-5-9(8)13)18-11(19)12(16,17)10(14)15/h2-5,7,10H,6H2,1H3,(H,18,19). The fourth-order valence-electron chi connectivity index (χ4n) is 1.46. The molecule has 19 heavy (non-hydrogen) atoms. The van der Waals surface area contributed by atoms with E-state index in [1.54, 1.807) is 24.3 Å². The lowest BCUT2D eigenvalue weighted by Gasteiger charge is -2.19. The average Bonchev–Trinajstić information content (AvgIpc) is 2.31. The van der Waals surface area contributed by atoms with Crippen molar-refractivity contribution in [3.05, 3.63) is 34.9 Å². The number of amides is 1. The maximum absolute atomic E-state index is 12.7. The number of benzene rings is 1. The fraction of sp³-hybridized carbons (Fsp3) is 0.417. The molecule has 106 valence electrons. The number of carbonyl (C=O) groups excluding carboxylic acids is 1. The molecule has 1 unspecified atom stereocenters. The number of alkyl halides is 4. The Balaban J connectivity index is 2.64. The Kier molecular flexibility index (Phi) is 5.17. The Morgan fingerprint density at radius 1 is 1.37 bits per heavy atom. The number of rotatable bonds is 5. The van der Waals surface area contributed by atoms with Crippen LogP contribution >= 0.6 is 11.6 Å². The van der Waals surface area contributed by atoms with Crippen LogP contribution in [0.2, 0.25) is 5.02 Å². The van der Waals surface area contributed by atoms with Crippen LogP contribution in [0.3, 0.4) is 0 Å². The molecule has 1 rings (SSSR count). The molecule has 2 nitrogen and oxygen atoms in total. The quantitative estimate of drug-likeness (QED) is 0.830. The van der Waals surface area contributed by atoms with Gasteiger partial charge < -0.3 is 5.32 Å². The molecule has 0 aromatic heterocycles. The van der Waals surface area contributed by atoms with E-state index in [9.17, 15) is 22.4 Å². The summed E-state index contributed by atoms with van der Waals surface area (Å²) in [5.74, 6) is -6.67. The monoisotopic (exact) mass is 297 g/mol. The summed E-state index contributed by atoms with van der Waals surface area (Å²) in [5.41, 5.74) is 0.636. The van der Waals surface area contributed by atoms with Crippen molar-refractivity contribution in [3.63, 3.8) is 0 Å². The van der Waals surface area contributed by atoms with E-state index in [4.69, 9.17) is 11.6 Å². The van der Waals surface area contributed by atoms with Gasteiger partial charge in [-0.05, 0) is 25.0 Å². The molecule has 1 amide bonds. The molecular formula is C12H12ClF4NO. The molecule has 0 fully saturated rings. The normalized spacial score (nSPS) is 13.4. The molecular weight excluding hydrogens is 286 g/mol. The van der Waals surface area contributed by atoms with Gasteiger partial charge in [0.1, 0.15) is 0 Å². The Morgan fingerprint density at radius 3 is 2.47 bits per heavy atom. The Bertz CT molecular complexity index is 453. The molecule has 0 saturated heterocycles. The first-order chi connectivity index (χ1) is 8.75. The highest BCUT2D eigenvalue weighted by molar-refractivity contribution is 6.31. The molecule has 0 saturated carbocycles. The lowest BCUT2D eigenvalue weighted by Crippen LogP contribution is -2.48. The van der Waals surface area contributed by atoms with Crippen LogP contribution in [0, 0.1) is 0 Å². The zero-order valence-electron chi connectivity index (χ0n) is 9.97. The minimum Gasteiger partial charge on any atom is -0.348 e. The van der Waals surface area contributed by atoms with E-state index in [1.807, 2.05) is 5.32 Å². The van der Waals surface area contributed by atoms with Crippen LogP contribution in [0.5, 0.6) is 0 Å². The molecule has 0 bridgehead atoms. The summed E-state index contributed by atoms with van der Waals surface area (Å²) >= 11 is 5.86. The Labute approximate surface area is 112 Å². The largest absolute Gasteiger partial charge is 0.383 e. The average molecular weight is 298 g/mol. The van der Waals surface area contributed by atoms with Gasteiger partial charge in [0, 0.05) is 11.1 Å². The lowest BCUT2D eigenvalue weighted by atomic mass is 10.1. The molecule has 0 radical (unpaired) electrons. The van der Waals surface area contributed by atoms with Crippen LogP contribution in [0.1, 0.15) is 12.5 Å². The number of carbonyl (C=O) groups is 1. The van der Waals surface area contributed by atoms with Crippen LogP contribution in [0.25, 0.3) is 0 Å². The second-order valence-electron chi connectivity index (χ2n) is 4.09. The van der Waals surface area contributed by atoms with Crippen LogP contribution in [-0.4, -0.2) is 24.3 Å². The molecule has 0 heterocycles. The summed E-state index contributed by atoms with van der Waals surface area (Å²) in [4.78, 5) is 11.0. The van der Waals surface area contributed by atoms with E-state index >= 15 is 0 Å². The number of hydrogen-bond acceptors (Lipinski definition) is 1. The van der Waals surface area contributed by atoms with Gasteiger partial charge in [-0.25, -0.2) is 8.78 Å². The van der Waals surface area contributed by atoms with Gasteiger partial charge >= 0.3 is 12.3 Å². The third-order valence-electron chi connectivity index (χ3n) is 2.44. The predicted octanol–water partition coefficient (Wildman–Crippen LogP) is 3.29. The minimum absolute atomic E-state index is 0.171. The van der Waals surface area contributed by atoms with Crippen molar-refractivity contribution in [2.24, 2.45) is 0 Å². The van der Waals surface area contributed by atoms with Gasteiger partial charge in [-0.2, -0.15) is 8.78 Å². The number of hydrogen-bond donors (Lipinski definition) is 1. The van der Waals surface area contributed by atoms with Gasteiger partial charge in [-0.15, -0.1) is 0 Å². The zero-order valence-corrected chi connectivity index (χ0v) is 10.7. The van der Waals surface area contributed by atoms with Crippen molar-refractivity contribution >= 4 is 17.5 Å². The summed E-state index contributed by atoms with van der Waals surface area (Å²) in [7, 11) is 0. The maximum Gasteiger partial charge on any atom is 0.383 e. The third-order valence-corrected chi connectivity index (χ3v) is 2.81. The lowest BCUT2D eigenvalue weighted by molar-refractivity contribution is -0.170. The van der Waals surface area contributed by atoms with Crippen molar-refractivity contribution in [1.82, 2.24) is 5.32 Å². The van der Waals surface area contributed by atoms with Crippen molar-refractivity contribution in [2.45, 2.75) is 31.7 Å². The van der Waals surface area contributed by atoms with Crippen molar-refractivity contribution in [2.75, 3.05) is 0 Å². The van der Waals surface area contributed by atoms with Gasteiger partial charge in [-0.3, -0.25) is 4.79 Å². The first kappa shape index (κ1) is 15.8. The van der Waals surface area contributed by atoms with Gasteiger partial charge in [0.05, 0.1) is 0 Å². The Hall–Kier alpha value is -1.30. The molecule has 1 N–H and O–H groups in total. The third kappa shape index (κ3) is 4.09. The summed E-state index contributed by atoms with van der Waals surface area (Å²) in [6.07, 6.45) is -3.86. The van der Waals surface area contributed by atoms with E-state index in [2.05, 4.69) is 0 Å². The van der Waals surface area contributed by atoms with Crippen molar-refractivity contribution < 1.29 is 22.4 Å². The maximum atomic E-state index is 12.7. The zero-order chi connectivity index (χ0) is 14.6. The molecule has 0 aliphatic carbocycles. The van der Waals surface area contributed by atoms with Gasteiger partial charge in [-0.1, -0.05) is 29.8 Å². The van der Waals surface area contributed by atoms with E-state index in [0.29, 0.717) is 10.6 Å². The minimum atomic E-state index is -4.69. The highest BCUT2D eigenvalue weighted by atomic mass is 35.5. The van der Waals surface area contributed by atoms with Crippen molar-refractivity contribution in [1.29, 1.82) is 0 Å². The van der Waals surface area contributed by atoms with Crippen LogP contribution < -0.4 is 5.32 Å². The van der Waals surface area contributed by atoms with Crippen molar-refractivity contribution in [3.8, 4) is 0 Å². The molecule has 0 spiro atoms. The summed E-state index contributed by atoms with van der Waals surface area (Å²) < 4.78 is 49.4. The summed E-state index contributed by atoms with van der Waals surface area (Å²) in [5, 5.41) is 2.27. The van der Waals surface area contributed by atoms with E-state index < -0.39 is 24.3 Å². The Morgan fingerprint density at radius 2 is 1.95 bits per heavy atom. The van der Waals surface area contributed by atoms with E-state index in [0.717, 1.165) is 0 Å². The second-order valence-corrected chi connectivity index (χ2v) is 4.50. The van der Waals surface area contributed by atoms with Crippen LogP contribution in [0.4, 0.5) is 17.6 Å². The van der Waals surface area contributed by atoms with Gasteiger partial charge in [0.2, 0.25) is 0 Å². The smallest absolute Gasteiger partial charge is 0.348 e. The van der Waals surface area contributed by atoms with Gasteiger partial charge in [0.25, 0.3) is 5.91 Å². The molecule has 0 aliphatic heterocycles. The number of halogens is 5. The SMILES string of the molecule is CC(Cc1ccccc1Cl)NC(=O)C(F)(F)C(F)F. The van der Waals surface area contributed by atoms with E-state index in [1.165, 1.54) is 6.92 Å². The summed E-state index contributed by atoms with van der Waals surface area (Å²) in [6.45, 7) is 1.43. The van der Waals surface area contributed by atoms with E-state index in [-0.39, 0.29) is 6.42 Å². The first-order valence-corrected chi connectivity index (χ1v) is 5.83.